The van der Waals surface area contributed by atoms with Crippen molar-refractivity contribution >= 4 is 29.8 Å². The fourth-order valence-electron chi connectivity index (χ4n) is 9.49. The molecule has 0 spiro atoms. The minimum Gasteiger partial charge on any atom is -0.460 e. The van der Waals surface area contributed by atoms with Crippen LogP contribution in [0.3, 0.4) is 0 Å². The van der Waals surface area contributed by atoms with Crippen LogP contribution in [0.25, 0.3) is 6.08 Å². The van der Waals surface area contributed by atoms with Crippen LogP contribution in [-0.2, 0) is 60.7 Å². The van der Waals surface area contributed by atoms with E-state index in [4.69, 9.17) is 28.5 Å². The van der Waals surface area contributed by atoms with Crippen molar-refractivity contribution in [2.24, 2.45) is 11.3 Å². The maximum atomic E-state index is 15.3. The summed E-state index contributed by atoms with van der Waals surface area (Å²) in [5.41, 5.74) is 0.579. The molecule has 2 aliphatic carbocycles. The third-order valence-corrected chi connectivity index (χ3v) is 12.4. The summed E-state index contributed by atoms with van der Waals surface area (Å²) in [5.74, 6) is -1.53. The Kier molecular flexibility index (Phi) is 11.5. The van der Waals surface area contributed by atoms with Crippen LogP contribution in [-0.4, -0.2) is 120 Å². The number of esters is 2. The van der Waals surface area contributed by atoms with E-state index in [-0.39, 0.29) is 39.0 Å². The maximum Gasteiger partial charge on any atom is 0.327 e. The van der Waals surface area contributed by atoms with E-state index in [1.54, 1.807) is 32.9 Å². The van der Waals surface area contributed by atoms with Gasteiger partial charge in [-0.2, -0.15) is 5.06 Å². The number of epoxide rings is 1. The van der Waals surface area contributed by atoms with Crippen molar-refractivity contribution in [2.45, 2.75) is 133 Å². The molecule has 312 valence electrons. The molecular weight excluding hydrogens is 746 g/mol. The van der Waals surface area contributed by atoms with Gasteiger partial charge in [-0.1, -0.05) is 66.7 Å². The van der Waals surface area contributed by atoms with Crippen LogP contribution >= 0.6 is 0 Å². The van der Waals surface area contributed by atoms with Crippen molar-refractivity contribution in [1.82, 2.24) is 15.3 Å². The standard InChI is InChI=1S/C44H55N3O11/c1-43(2,3)57-35(49)19-17-30(24-48)45-40(50)31(20-27-8-6-5-7-9-27)46(4)42(52)44-22-34-36-37(54-25-53-36)39(44)58-47(38(44)41(51)56-34)23-29-14-11-26(12-15-29)10-13-28-16-18-32-33(21-28)55-32/h5-15,28,30-34,36-39,48H,16-25H2,1-4H3,(H,45,50)/t28?,30-,31+,32?,33?,34+,36-,37-,38-,39+,44-/m0/s1. The summed E-state index contributed by atoms with van der Waals surface area (Å²) in [7, 11) is 1.56. The van der Waals surface area contributed by atoms with Crippen molar-refractivity contribution in [2.75, 3.05) is 20.4 Å². The molecule has 2 N–H and O–H groups in total. The molecule has 58 heavy (non-hydrogen) atoms. The molecule has 2 aromatic carbocycles. The van der Waals surface area contributed by atoms with Crippen LogP contribution in [0.15, 0.2) is 60.7 Å². The molecular formula is C44H55N3O11. The van der Waals surface area contributed by atoms with Crippen LogP contribution < -0.4 is 5.32 Å². The van der Waals surface area contributed by atoms with Gasteiger partial charge in [-0.25, -0.2) is 0 Å². The molecule has 6 fully saturated rings. The first-order valence-corrected chi connectivity index (χ1v) is 20.6. The summed E-state index contributed by atoms with van der Waals surface area (Å²) in [5, 5.41) is 14.7. The number of allylic oxidation sites excluding steroid dienone is 1. The number of hydroxylamine groups is 2. The minimum atomic E-state index is -1.47. The summed E-state index contributed by atoms with van der Waals surface area (Å²) in [6, 6.07) is 14.4. The van der Waals surface area contributed by atoms with Gasteiger partial charge in [0.1, 0.15) is 48.3 Å². The number of hydrogen-bond acceptors (Lipinski definition) is 12. The van der Waals surface area contributed by atoms with Crippen molar-refractivity contribution in [1.29, 1.82) is 0 Å². The SMILES string of the molecule is CN(C(=O)[C@@]12C[C@H]3OC(=O)[C@@H]1N(Cc1ccc(C=CC4CCC5OC5C4)cc1)O[C@@H]2[C@H]1OCO[C@H]13)[C@H](Cc1ccccc1)C(=O)N[C@H](CO)CCC(=O)OC(C)(C)C. The molecule has 14 heteroatoms. The van der Waals surface area contributed by atoms with Gasteiger partial charge in [0.25, 0.3) is 0 Å². The minimum absolute atomic E-state index is 0.0227. The Hall–Kier alpha value is -4.18. The number of nitrogens with zero attached hydrogens (tertiary/aromatic N) is 2. The summed E-state index contributed by atoms with van der Waals surface area (Å²) < 4.78 is 29.1. The Morgan fingerprint density at radius 1 is 1.02 bits per heavy atom. The Morgan fingerprint density at radius 3 is 2.50 bits per heavy atom. The smallest absolute Gasteiger partial charge is 0.327 e. The Morgan fingerprint density at radius 2 is 1.78 bits per heavy atom. The van der Waals surface area contributed by atoms with Gasteiger partial charge in [0.05, 0.1) is 31.4 Å². The summed E-state index contributed by atoms with van der Waals surface area (Å²) in [4.78, 5) is 64.3. The van der Waals surface area contributed by atoms with E-state index in [9.17, 15) is 19.5 Å². The number of hydrogen-bond donors (Lipinski definition) is 2. The zero-order chi connectivity index (χ0) is 40.8. The lowest BCUT2D eigenvalue weighted by Crippen LogP contribution is -2.70. The van der Waals surface area contributed by atoms with Gasteiger partial charge in [0, 0.05) is 26.3 Å². The number of likely N-dealkylation sites (N-methyl/N-ethyl adjacent to an activating group) is 1. The predicted molar refractivity (Wildman–Crippen MR) is 208 cm³/mol. The van der Waals surface area contributed by atoms with Crippen LogP contribution in [0.5, 0.6) is 0 Å². The van der Waals surface area contributed by atoms with Gasteiger partial charge in [0.15, 0.2) is 6.04 Å². The first-order chi connectivity index (χ1) is 27.8. The molecule has 0 radical (unpaired) electrons. The molecule has 4 heterocycles. The number of aliphatic hydroxyl groups excluding tert-OH is 1. The molecule has 2 amide bonds. The van der Waals surface area contributed by atoms with E-state index in [1.165, 1.54) is 4.90 Å². The number of aliphatic hydroxyl groups is 1. The zero-order valence-electron chi connectivity index (χ0n) is 33.6. The van der Waals surface area contributed by atoms with Crippen molar-refractivity contribution in [3.63, 3.8) is 0 Å². The molecule has 3 unspecified atom stereocenters. The quantitative estimate of drug-likeness (QED) is 0.212. The maximum absolute atomic E-state index is 15.3. The largest absolute Gasteiger partial charge is 0.460 e. The Labute approximate surface area is 339 Å². The van der Waals surface area contributed by atoms with Crippen LogP contribution in [0, 0.1) is 11.3 Å². The van der Waals surface area contributed by atoms with Gasteiger partial charge < -0.3 is 39.0 Å². The average Bonchev–Trinajstić information content (AvgIpc) is 3.64. The number of amides is 2. The van der Waals surface area contributed by atoms with Crippen LogP contribution in [0.2, 0.25) is 0 Å². The van der Waals surface area contributed by atoms with Crippen LogP contribution in [0.1, 0.15) is 76.0 Å². The number of rotatable bonds is 14. The first-order valence-electron chi connectivity index (χ1n) is 20.6. The topological polar surface area (TPSA) is 166 Å². The van der Waals surface area contributed by atoms with Crippen molar-refractivity contribution in [3.05, 3.63) is 77.4 Å². The monoisotopic (exact) mass is 801 g/mol. The van der Waals surface area contributed by atoms with E-state index in [1.807, 2.05) is 54.6 Å². The van der Waals surface area contributed by atoms with Gasteiger partial charge in [-0.15, -0.1) is 0 Å². The third kappa shape index (κ3) is 8.32. The normalized spacial score (nSPS) is 32.1. The van der Waals surface area contributed by atoms with Gasteiger partial charge in [0.2, 0.25) is 11.8 Å². The molecule has 0 aromatic heterocycles. The summed E-state index contributed by atoms with van der Waals surface area (Å²) in [6.45, 7) is 5.03. The second-order valence-corrected chi connectivity index (χ2v) is 17.6. The molecule has 6 aliphatic rings. The second-order valence-electron chi connectivity index (χ2n) is 17.6. The Bertz CT molecular complexity index is 1870. The average molecular weight is 802 g/mol. The fraction of sp³-hybridized carbons (Fsp3) is 0.591. The first kappa shape index (κ1) is 40.6. The molecule has 2 saturated carbocycles. The van der Waals surface area contributed by atoms with Crippen molar-refractivity contribution < 1.29 is 52.8 Å². The molecule has 11 atom stereocenters. The van der Waals surface area contributed by atoms with Gasteiger partial charge >= 0.3 is 11.9 Å². The zero-order valence-corrected chi connectivity index (χ0v) is 33.6. The number of nitrogens with one attached hydrogen (secondary N) is 1. The van der Waals surface area contributed by atoms with E-state index >= 15 is 4.79 Å². The second kappa shape index (κ2) is 16.5. The Balaban J connectivity index is 1.03. The third-order valence-electron chi connectivity index (χ3n) is 12.4. The lowest BCUT2D eigenvalue weighted by molar-refractivity contribution is -0.204. The summed E-state index contributed by atoms with van der Waals surface area (Å²) in [6.07, 6.45) is 5.97. The lowest BCUT2D eigenvalue weighted by Gasteiger charge is -2.50. The lowest BCUT2D eigenvalue weighted by atomic mass is 9.62. The number of carbonyl (C=O) groups is 4. The van der Waals surface area contributed by atoms with Crippen LogP contribution in [0.4, 0.5) is 0 Å². The van der Waals surface area contributed by atoms with Gasteiger partial charge in [-0.05, 0) is 69.1 Å². The number of ether oxygens (including phenoxy) is 5. The van der Waals surface area contributed by atoms with E-state index < -0.39 is 83.9 Å². The molecule has 2 bridgehead atoms. The van der Waals surface area contributed by atoms with Gasteiger partial charge in [-0.3, -0.25) is 24.0 Å². The summed E-state index contributed by atoms with van der Waals surface area (Å²) >= 11 is 0. The molecule has 2 aromatic rings. The molecule has 4 aliphatic heterocycles. The van der Waals surface area contributed by atoms with E-state index in [0.717, 1.165) is 36.0 Å². The van der Waals surface area contributed by atoms with E-state index in [0.29, 0.717) is 18.1 Å². The predicted octanol–water partition coefficient (Wildman–Crippen LogP) is 3.48. The number of fused-ring (bicyclic) bond motifs is 5. The number of carbonyl (C=O) groups excluding carboxylic acids is 4. The molecule has 14 nitrogen and oxygen atoms in total. The highest BCUT2D eigenvalue weighted by atomic mass is 16.8. The highest BCUT2D eigenvalue weighted by Crippen LogP contribution is 2.56. The van der Waals surface area contributed by atoms with Crippen molar-refractivity contribution in [3.8, 4) is 0 Å². The highest BCUT2D eigenvalue weighted by molar-refractivity contribution is 5.96. The molecule has 8 rings (SSSR count). The highest BCUT2D eigenvalue weighted by Gasteiger charge is 2.75. The van der Waals surface area contributed by atoms with E-state index in [2.05, 4.69) is 17.5 Å². The fourth-order valence-corrected chi connectivity index (χ4v) is 9.49. The molecule has 4 saturated heterocycles. The number of benzene rings is 2.